The van der Waals surface area contributed by atoms with Crippen LogP contribution in [-0.4, -0.2) is 94.4 Å². The van der Waals surface area contributed by atoms with Gasteiger partial charge in [0, 0.05) is 31.2 Å². The normalized spacial score (nSPS) is 15.4. The molecule has 9 nitrogen and oxygen atoms in total. The van der Waals surface area contributed by atoms with Crippen molar-refractivity contribution in [2.45, 2.75) is 18.8 Å². The molecule has 0 unspecified atom stereocenters. The number of primary amides is 1. The third-order valence-electron chi connectivity index (χ3n) is 7.02. The van der Waals surface area contributed by atoms with Gasteiger partial charge in [-0.25, -0.2) is 12.7 Å². The van der Waals surface area contributed by atoms with Crippen LogP contribution in [0.15, 0.2) is 48.7 Å². The average molecular weight is 543 g/mol. The van der Waals surface area contributed by atoms with Gasteiger partial charge in [0.05, 0.1) is 43.3 Å². The van der Waals surface area contributed by atoms with Crippen LogP contribution in [0.4, 0.5) is 0 Å². The van der Waals surface area contributed by atoms with Crippen LogP contribution < -0.4 is 5.73 Å². The average Bonchev–Trinajstić information content (AvgIpc) is 3.34. The Morgan fingerprint density at radius 2 is 1.71 bits per heavy atom. The molecule has 0 bridgehead atoms. The van der Waals surface area contributed by atoms with Crippen LogP contribution in [0.3, 0.4) is 0 Å². The first kappa shape index (κ1) is 28.3. The van der Waals surface area contributed by atoms with Crippen molar-refractivity contribution in [1.82, 2.24) is 14.2 Å². The summed E-state index contributed by atoms with van der Waals surface area (Å²) in [5, 5.41) is 0.961. The summed E-state index contributed by atoms with van der Waals surface area (Å²) in [4.78, 5) is 17.5. The van der Waals surface area contributed by atoms with Gasteiger partial charge < -0.3 is 25.1 Å². The number of fused-ring (bicyclic) bond motifs is 1. The van der Waals surface area contributed by atoms with Gasteiger partial charge in [-0.15, -0.1) is 0 Å². The van der Waals surface area contributed by atoms with E-state index in [2.05, 4.69) is 11.1 Å². The number of aromatic nitrogens is 1. The van der Waals surface area contributed by atoms with Crippen LogP contribution in [0.2, 0.25) is 0 Å². The van der Waals surface area contributed by atoms with Crippen molar-refractivity contribution in [2.75, 3.05) is 65.9 Å². The summed E-state index contributed by atoms with van der Waals surface area (Å²) in [6, 6.07) is 13.8. The SMILES string of the molecule is CN(C)CCOCCOCCS(=O)(=O)N1CCC(c2c[nH]c3c(C(N)=O)cc(-c4ccccc4)cc23)CC1. The van der Waals surface area contributed by atoms with Crippen LogP contribution in [-0.2, 0) is 19.5 Å². The Hall–Kier alpha value is -2.76. The summed E-state index contributed by atoms with van der Waals surface area (Å²) >= 11 is 0. The number of nitrogens with two attached hydrogens (primary N) is 1. The molecule has 1 saturated heterocycles. The predicted molar refractivity (Wildman–Crippen MR) is 150 cm³/mol. The van der Waals surface area contributed by atoms with Gasteiger partial charge in [0.25, 0.3) is 5.91 Å². The van der Waals surface area contributed by atoms with Crippen LogP contribution >= 0.6 is 0 Å². The van der Waals surface area contributed by atoms with Gasteiger partial charge >= 0.3 is 0 Å². The second-order valence-electron chi connectivity index (χ2n) is 9.94. The Morgan fingerprint density at radius 1 is 1.03 bits per heavy atom. The monoisotopic (exact) mass is 542 g/mol. The Kier molecular flexibility index (Phi) is 9.56. The number of nitrogens with one attached hydrogen (secondary N) is 1. The maximum absolute atomic E-state index is 12.9. The van der Waals surface area contributed by atoms with Crippen molar-refractivity contribution >= 4 is 26.8 Å². The third-order valence-corrected chi connectivity index (χ3v) is 8.86. The number of H-pyrrole nitrogens is 1. The molecule has 3 N–H and O–H groups in total. The standard InChI is InChI=1S/C28H38N4O5S/c1-31(2)12-13-36-14-15-37-16-17-38(34,35)32-10-8-22(9-11-32)26-20-30-27-24(26)18-23(19-25(27)28(29)33)21-6-4-3-5-7-21/h3-7,18-20,22,30H,8-17H2,1-2H3,(H2,29,33). The lowest BCUT2D eigenvalue weighted by atomic mass is 9.88. The smallest absolute Gasteiger partial charge is 0.250 e. The van der Waals surface area contributed by atoms with Crippen molar-refractivity contribution in [1.29, 1.82) is 0 Å². The molecule has 1 amide bonds. The molecule has 0 aliphatic carbocycles. The molecule has 2 aromatic carbocycles. The Balaban J connectivity index is 1.36. The van der Waals surface area contributed by atoms with E-state index >= 15 is 0 Å². The summed E-state index contributed by atoms with van der Waals surface area (Å²) in [6.45, 7) is 3.35. The minimum absolute atomic E-state index is 0.0368. The Labute approximate surface area is 224 Å². The zero-order valence-corrected chi connectivity index (χ0v) is 23.0. The number of likely N-dealkylation sites (N-methyl/N-ethyl adjacent to an activating group) is 1. The first-order valence-corrected chi connectivity index (χ1v) is 14.7. The number of amides is 1. The fourth-order valence-electron chi connectivity index (χ4n) is 4.89. The molecular formula is C28H38N4O5S. The number of piperidine rings is 1. The molecule has 1 aliphatic rings. The molecule has 0 atom stereocenters. The second-order valence-corrected chi connectivity index (χ2v) is 12.0. The summed E-state index contributed by atoms with van der Waals surface area (Å²) in [5.74, 6) is -0.341. The molecule has 0 radical (unpaired) electrons. The summed E-state index contributed by atoms with van der Waals surface area (Å²) in [6.07, 6.45) is 3.34. The van der Waals surface area contributed by atoms with Gasteiger partial charge in [-0.1, -0.05) is 30.3 Å². The minimum Gasteiger partial charge on any atom is -0.378 e. The van der Waals surface area contributed by atoms with E-state index in [1.165, 1.54) is 0 Å². The number of hydrogen-bond acceptors (Lipinski definition) is 6. The van der Waals surface area contributed by atoms with Crippen LogP contribution in [0.5, 0.6) is 0 Å². The van der Waals surface area contributed by atoms with Gasteiger partial charge in [0.15, 0.2) is 0 Å². The lowest BCUT2D eigenvalue weighted by molar-refractivity contribution is 0.0477. The molecule has 0 saturated carbocycles. The first-order valence-electron chi connectivity index (χ1n) is 13.0. The van der Waals surface area contributed by atoms with E-state index in [1.54, 1.807) is 4.31 Å². The number of nitrogens with zero attached hydrogens (tertiary/aromatic N) is 2. The highest BCUT2D eigenvalue weighted by Gasteiger charge is 2.30. The molecule has 38 heavy (non-hydrogen) atoms. The lowest BCUT2D eigenvalue weighted by Gasteiger charge is -2.31. The summed E-state index contributed by atoms with van der Waals surface area (Å²) in [7, 11) is 0.568. The number of aromatic amines is 1. The predicted octanol–water partition coefficient (Wildman–Crippen LogP) is 3.04. The molecule has 2 heterocycles. The molecule has 1 aromatic heterocycles. The van der Waals surface area contributed by atoms with Crippen molar-refractivity contribution in [3.8, 4) is 11.1 Å². The molecule has 10 heteroatoms. The molecule has 1 fully saturated rings. The molecule has 0 spiro atoms. The van der Waals surface area contributed by atoms with Crippen LogP contribution in [0.1, 0.15) is 34.7 Å². The van der Waals surface area contributed by atoms with E-state index in [1.807, 2.05) is 61.6 Å². The van der Waals surface area contributed by atoms with Crippen molar-refractivity contribution in [3.05, 3.63) is 59.8 Å². The van der Waals surface area contributed by atoms with Gasteiger partial charge in [0.1, 0.15) is 0 Å². The lowest BCUT2D eigenvalue weighted by Crippen LogP contribution is -2.40. The largest absolute Gasteiger partial charge is 0.378 e. The number of rotatable bonds is 13. The molecule has 206 valence electrons. The zero-order chi connectivity index (χ0) is 27.1. The minimum atomic E-state index is -3.40. The highest BCUT2D eigenvalue weighted by atomic mass is 32.2. The number of ether oxygens (including phenoxy) is 2. The van der Waals surface area contributed by atoms with Crippen LogP contribution in [0, 0.1) is 0 Å². The number of sulfonamides is 1. The molecule has 1 aliphatic heterocycles. The fraction of sp³-hybridized carbons (Fsp3) is 0.464. The first-order chi connectivity index (χ1) is 18.3. The molecule has 4 rings (SSSR count). The number of benzene rings is 2. The van der Waals surface area contributed by atoms with Gasteiger partial charge in [-0.3, -0.25) is 4.79 Å². The van der Waals surface area contributed by atoms with Crippen LogP contribution in [0.25, 0.3) is 22.0 Å². The maximum Gasteiger partial charge on any atom is 0.250 e. The highest BCUT2D eigenvalue weighted by Crippen LogP contribution is 2.37. The Bertz CT molecular complexity index is 1320. The van der Waals surface area contributed by atoms with E-state index < -0.39 is 15.9 Å². The third kappa shape index (κ3) is 7.00. The number of carbonyl (C=O) groups excluding carboxylic acids is 1. The Morgan fingerprint density at radius 3 is 2.37 bits per heavy atom. The molecular weight excluding hydrogens is 504 g/mol. The van der Waals surface area contributed by atoms with E-state index in [4.69, 9.17) is 15.2 Å². The van der Waals surface area contributed by atoms with Gasteiger partial charge in [-0.2, -0.15) is 0 Å². The van der Waals surface area contributed by atoms with E-state index in [9.17, 15) is 13.2 Å². The van der Waals surface area contributed by atoms with Gasteiger partial charge in [-0.05, 0) is 61.7 Å². The van der Waals surface area contributed by atoms with E-state index in [0.717, 1.165) is 34.1 Å². The molecule has 3 aromatic rings. The van der Waals surface area contributed by atoms with Crippen molar-refractivity contribution in [2.24, 2.45) is 5.73 Å². The summed E-state index contributed by atoms with van der Waals surface area (Å²) < 4.78 is 38.3. The quantitative estimate of drug-likeness (QED) is 0.321. The summed E-state index contributed by atoms with van der Waals surface area (Å²) in [5.41, 5.74) is 9.93. The highest BCUT2D eigenvalue weighted by molar-refractivity contribution is 7.89. The van der Waals surface area contributed by atoms with Crippen molar-refractivity contribution in [3.63, 3.8) is 0 Å². The van der Waals surface area contributed by atoms with Gasteiger partial charge in [0.2, 0.25) is 10.0 Å². The topological polar surface area (TPSA) is 118 Å². The van der Waals surface area contributed by atoms with E-state index in [-0.39, 0.29) is 18.3 Å². The maximum atomic E-state index is 12.9. The van der Waals surface area contributed by atoms with E-state index in [0.29, 0.717) is 51.3 Å². The fourth-order valence-corrected chi connectivity index (χ4v) is 6.24. The zero-order valence-electron chi connectivity index (χ0n) is 22.2. The number of hydrogen-bond donors (Lipinski definition) is 2. The number of carbonyl (C=O) groups is 1. The van der Waals surface area contributed by atoms with Crippen molar-refractivity contribution < 1.29 is 22.7 Å². The second kappa shape index (κ2) is 12.9.